The lowest BCUT2D eigenvalue weighted by Crippen LogP contribution is -2.35. The molecule has 2 aromatic rings. The van der Waals surface area contributed by atoms with Gasteiger partial charge in [-0.25, -0.2) is 12.8 Å². The van der Waals surface area contributed by atoms with Gasteiger partial charge >= 0.3 is 0 Å². The Kier molecular flexibility index (Phi) is 5.15. The van der Waals surface area contributed by atoms with Crippen LogP contribution < -0.4 is 4.31 Å². The largest absolute Gasteiger partial charge is 0.289 e. The monoisotopic (exact) mass is 372 g/mol. The van der Waals surface area contributed by atoms with Crippen LogP contribution in [0, 0.1) is 15.9 Å². The van der Waals surface area contributed by atoms with Gasteiger partial charge in [0.1, 0.15) is 12.4 Å². The summed E-state index contributed by atoms with van der Waals surface area (Å²) in [5.74, 6) is -0.739. The molecule has 0 bridgehead atoms. The fourth-order valence-electron chi connectivity index (χ4n) is 2.00. The molecule has 7 nitrogen and oxygen atoms in total. The van der Waals surface area contributed by atoms with E-state index >= 15 is 0 Å². The minimum Gasteiger partial charge on any atom is -0.279 e. The lowest BCUT2D eigenvalue weighted by atomic mass is 10.3. The average Bonchev–Trinajstić information content (AvgIpc) is 2.52. The van der Waals surface area contributed by atoms with Crippen molar-refractivity contribution in [2.24, 2.45) is 0 Å². The van der Waals surface area contributed by atoms with Crippen LogP contribution in [0.25, 0.3) is 0 Å². The molecule has 0 aliphatic heterocycles. The SMILES string of the molecule is O=C(Cl)CN(c1cccc(F)c1)S(=O)(=O)c1ccccc1[N+](=O)[O-]. The van der Waals surface area contributed by atoms with Gasteiger partial charge in [-0.1, -0.05) is 18.2 Å². The van der Waals surface area contributed by atoms with Crippen LogP contribution in [0.4, 0.5) is 15.8 Å². The Balaban J connectivity index is 2.65. The molecule has 0 saturated carbocycles. The molecule has 0 radical (unpaired) electrons. The van der Waals surface area contributed by atoms with Crippen LogP contribution >= 0.6 is 11.6 Å². The van der Waals surface area contributed by atoms with Gasteiger partial charge in [0.05, 0.1) is 10.6 Å². The quantitative estimate of drug-likeness (QED) is 0.441. The molecule has 0 unspecified atom stereocenters. The van der Waals surface area contributed by atoms with Crippen LogP contribution in [0.15, 0.2) is 53.4 Å². The lowest BCUT2D eigenvalue weighted by molar-refractivity contribution is -0.387. The lowest BCUT2D eigenvalue weighted by Gasteiger charge is -2.22. The minimum atomic E-state index is -4.52. The number of benzene rings is 2. The highest BCUT2D eigenvalue weighted by atomic mass is 35.5. The number of nitro benzene ring substituents is 1. The van der Waals surface area contributed by atoms with Gasteiger partial charge in [0.2, 0.25) is 5.24 Å². The van der Waals surface area contributed by atoms with Gasteiger partial charge in [0, 0.05) is 6.07 Å². The Morgan fingerprint density at radius 3 is 2.46 bits per heavy atom. The van der Waals surface area contributed by atoms with Crippen molar-refractivity contribution >= 4 is 38.2 Å². The number of nitrogens with zero attached hydrogens (tertiary/aromatic N) is 2. The molecule has 24 heavy (non-hydrogen) atoms. The molecule has 0 spiro atoms. The summed E-state index contributed by atoms with van der Waals surface area (Å²) in [6, 6.07) is 9.09. The molecule has 0 fully saturated rings. The fraction of sp³-hybridized carbons (Fsp3) is 0.0714. The second-order valence-electron chi connectivity index (χ2n) is 4.57. The van der Waals surface area contributed by atoms with E-state index in [1.807, 2.05) is 0 Å². The molecule has 0 aliphatic carbocycles. The van der Waals surface area contributed by atoms with E-state index in [0.717, 1.165) is 24.3 Å². The Labute approximate surface area is 141 Å². The first-order valence-corrected chi connectivity index (χ1v) is 8.25. The van der Waals surface area contributed by atoms with Crippen LogP contribution in [0.3, 0.4) is 0 Å². The number of hydrogen-bond acceptors (Lipinski definition) is 5. The number of halogens is 2. The van der Waals surface area contributed by atoms with Crippen molar-refractivity contribution < 1.29 is 22.5 Å². The first-order valence-electron chi connectivity index (χ1n) is 6.43. The van der Waals surface area contributed by atoms with Gasteiger partial charge in [0.15, 0.2) is 4.90 Å². The van der Waals surface area contributed by atoms with Crippen LogP contribution in [0.5, 0.6) is 0 Å². The number of hydrogen-bond donors (Lipinski definition) is 0. The summed E-state index contributed by atoms with van der Waals surface area (Å²) in [5.41, 5.74) is -0.844. The van der Waals surface area contributed by atoms with Gasteiger partial charge in [-0.3, -0.25) is 19.2 Å². The highest BCUT2D eigenvalue weighted by Gasteiger charge is 2.32. The third kappa shape index (κ3) is 3.69. The normalized spacial score (nSPS) is 11.1. The van der Waals surface area contributed by atoms with Gasteiger partial charge < -0.3 is 0 Å². The molecule has 0 aliphatic rings. The zero-order valence-corrected chi connectivity index (χ0v) is 13.5. The first-order chi connectivity index (χ1) is 11.2. The number of carbonyl (C=O) groups is 1. The molecule has 0 amide bonds. The summed E-state index contributed by atoms with van der Waals surface area (Å²) in [5, 5.41) is 10.0. The maximum atomic E-state index is 13.4. The summed E-state index contributed by atoms with van der Waals surface area (Å²) in [4.78, 5) is 20.8. The first kappa shape index (κ1) is 17.8. The van der Waals surface area contributed by atoms with Crippen molar-refractivity contribution in [2.75, 3.05) is 10.8 Å². The zero-order valence-electron chi connectivity index (χ0n) is 11.9. The molecule has 0 saturated heterocycles. The Bertz CT molecular complexity index is 904. The molecular formula is C14H10ClFN2O5S. The van der Waals surface area contributed by atoms with Crippen molar-refractivity contribution in [2.45, 2.75) is 4.90 Å². The van der Waals surface area contributed by atoms with Crippen LogP contribution in [-0.4, -0.2) is 25.1 Å². The smallest absolute Gasteiger partial charge is 0.279 e. The second-order valence-corrected chi connectivity index (χ2v) is 6.82. The van der Waals surface area contributed by atoms with Crippen LogP contribution in [0.2, 0.25) is 0 Å². The van der Waals surface area contributed by atoms with Gasteiger partial charge in [0.25, 0.3) is 15.7 Å². The Morgan fingerprint density at radius 2 is 1.88 bits per heavy atom. The fourth-order valence-corrected chi connectivity index (χ4v) is 3.77. The summed E-state index contributed by atoms with van der Waals surface area (Å²) in [7, 11) is -4.52. The maximum Gasteiger partial charge on any atom is 0.289 e. The van der Waals surface area contributed by atoms with E-state index in [-0.39, 0.29) is 5.69 Å². The van der Waals surface area contributed by atoms with Crippen molar-refractivity contribution in [3.8, 4) is 0 Å². The van der Waals surface area contributed by atoms with E-state index in [9.17, 15) is 27.7 Å². The van der Waals surface area contributed by atoms with Gasteiger partial charge in [-0.2, -0.15) is 0 Å². The number of carbonyl (C=O) groups excluding carboxylic acids is 1. The summed E-state index contributed by atoms with van der Waals surface area (Å²) >= 11 is 5.29. The molecule has 0 heterocycles. The maximum absolute atomic E-state index is 13.4. The van der Waals surface area contributed by atoms with Crippen molar-refractivity contribution in [1.29, 1.82) is 0 Å². The number of nitro groups is 1. The molecule has 2 aromatic carbocycles. The zero-order chi connectivity index (χ0) is 17.9. The molecule has 0 atom stereocenters. The van der Waals surface area contributed by atoms with E-state index in [2.05, 4.69) is 0 Å². The predicted molar refractivity (Wildman–Crippen MR) is 84.9 cm³/mol. The van der Waals surface area contributed by atoms with Crippen molar-refractivity contribution in [3.05, 3.63) is 64.5 Å². The Hall–Kier alpha value is -2.52. The molecule has 10 heteroatoms. The molecule has 2 rings (SSSR count). The predicted octanol–water partition coefficient (Wildman–Crippen LogP) is 2.69. The molecule has 126 valence electrons. The van der Waals surface area contributed by atoms with Crippen molar-refractivity contribution in [1.82, 2.24) is 0 Å². The van der Waals surface area contributed by atoms with E-state index < -0.39 is 43.1 Å². The third-order valence-electron chi connectivity index (χ3n) is 2.99. The van der Waals surface area contributed by atoms with E-state index in [4.69, 9.17) is 11.6 Å². The minimum absolute atomic E-state index is 0.179. The standard InChI is InChI=1S/C14H10ClFN2O5S/c15-14(19)9-17(11-5-3-4-10(16)8-11)24(22,23)13-7-2-1-6-12(13)18(20)21/h1-8H,9H2. The average molecular weight is 373 g/mol. The second kappa shape index (κ2) is 6.93. The topological polar surface area (TPSA) is 97.6 Å². The molecule has 0 aromatic heterocycles. The van der Waals surface area contributed by atoms with Crippen molar-refractivity contribution in [3.63, 3.8) is 0 Å². The van der Waals surface area contributed by atoms with Crippen LogP contribution in [0.1, 0.15) is 0 Å². The number of anilines is 1. The summed E-state index contributed by atoms with van der Waals surface area (Å²) in [6.07, 6.45) is 0. The van der Waals surface area contributed by atoms with Crippen LogP contribution in [-0.2, 0) is 14.8 Å². The van der Waals surface area contributed by atoms with Gasteiger partial charge in [-0.15, -0.1) is 0 Å². The third-order valence-corrected chi connectivity index (χ3v) is 4.93. The highest BCUT2D eigenvalue weighted by Crippen LogP contribution is 2.30. The summed E-state index contributed by atoms with van der Waals surface area (Å²) in [6.45, 7) is -0.806. The molecule has 0 N–H and O–H groups in total. The Morgan fingerprint density at radius 1 is 1.21 bits per heavy atom. The van der Waals surface area contributed by atoms with E-state index in [0.29, 0.717) is 4.31 Å². The molecular weight excluding hydrogens is 363 g/mol. The van der Waals surface area contributed by atoms with E-state index in [1.165, 1.54) is 24.3 Å². The number of rotatable bonds is 6. The highest BCUT2D eigenvalue weighted by molar-refractivity contribution is 7.93. The number of para-hydroxylation sites is 1. The van der Waals surface area contributed by atoms with E-state index in [1.54, 1.807) is 0 Å². The summed E-state index contributed by atoms with van der Waals surface area (Å²) < 4.78 is 39.5. The van der Waals surface area contributed by atoms with Gasteiger partial charge in [-0.05, 0) is 35.9 Å². The number of sulfonamides is 1.